The van der Waals surface area contributed by atoms with Crippen LogP contribution in [0.2, 0.25) is 0 Å². The van der Waals surface area contributed by atoms with E-state index in [4.69, 9.17) is 9.47 Å². The molecule has 1 saturated carbocycles. The fourth-order valence-electron chi connectivity index (χ4n) is 3.17. The number of amides is 1. The standard InChI is InChI=1S/C23H25N3O6S/c1-15(14-27)31-18-11-16(23(28)24-22-9-10-26(2)25-22)12-19(13-18)32-17-3-5-20(6-4-17)33(29,30)21-7-8-21/h3-6,9-13,15,21,27H,7-8,14H2,1-2H3,(H,24,25,28)/t15-/m0/s1. The minimum absolute atomic E-state index is 0.197. The van der Waals surface area contributed by atoms with E-state index >= 15 is 0 Å². The van der Waals surface area contributed by atoms with Crippen molar-refractivity contribution in [1.82, 2.24) is 9.78 Å². The number of nitrogens with zero attached hydrogens (tertiary/aromatic N) is 2. The molecule has 174 valence electrons. The first kappa shape index (κ1) is 22.8. The van der Waals surface area contributed by atoms with Gasteiger partial charge in [-0.2, -0.15) is 5.10 Å². The molecule has 1 aromatic heterocycles. The molecule has 2 N–H and O–H groups in total. The lowest BCUT2D eigenvalue weighted by atomic mass is 10.2. The number of rotatable bonds is 9. The molecule has 1 heterocycles. The van der Waals surface area contributed by atoms with Gasteiger partial charge in [0.1, 0.15) is 23.4 Å². The summed E-state index contributed by atoms with van der Waals surface area (Å²) in [7, 11) is -1.54. The highest BCUT2D eigenvalue weighted by molar-refractivity contribution is 7.92. The molecule has 2 aromatic carbocycles. The van der Waals surface area contributed by atoms with Crippen molar-refractivity contribution in [3.05, 3.63) is 60.3 Å². The number of aliphatic hydroxyl groups is 1. The number of hydrogen-bond acceptors (Lipinski definition) is 7. The number of carbonyl (C=O) groups excluding carboxylic acids is 1. The van der Waals surface area contributed by atoms with Crippen LogP contribution in [0, 0.1) is 0 Å². The van der Waals surface area contributed by atoms with Gasteiger partial charge in [0, 0.05) is 30.9 Å². The molecule has 1 atom stereocenters. The average molecular weight is 472 g/mol. The minimum atomic E-state index is -3.28. The molecule has 10 heteroatoms. The van der Waals surface area contributed by atoms with Gasteiger partial charge in [0.15, 0.2) is 15.7 Å². The number of ether oxygens (including phenoxy) is 2. The summed E-state index contributed by atoms with van der Waals surface area (Å²) in [6.07, 6.45) is 2.62. The summed E-state index contributed by atoms with van der Waals surface area (Å²) in [5, 5.41) is 15.9. The monoisotopic (exact) mass is 471 g/mol. The summed E-state index contributed by atoms with van der Waals surface area (Å²) in [5.74, 6) is 1.06. The van der Waals surface area contributed by atoms with E-state index in [1.807, 2.05) is 0 Å². The number of aromatic nitrogens is 2. The highest BCUT2D eigenvalue weighted by Crippen LogP contribution is 2.35. The molecule has 0 spiro atoms. The van der Waals surface area contributed by atoms with Crippen LogP contribution in [0.5, 0.6) is 17.2 Å². The predicted octanol–water partition coefficient (Wildman–Crippen LogP) is 3.16. The summed E-state index contributed by atoms with van der Waals surface area (Å²) >= 11 is 0. The Balaban J connectivity index is 1.57. The number of anilines is 1. The quantitative estimate of drug-likeness (QED) is 0.492. The number of carbonyl (C=O) groups is 1. The third kappa shape index (κ3) is 5.52. The molecular formula is C23H25N3O6S. The van der Waals surface area contributed by atoms with Crippen molar-refractivity contribution in [3.8, 4) is 17.2 Å². The lowest BCUT2D eigenvalue weighted by Gasteiger charge is -2.15. The van der Waals surface area contributed by atoms with Crippen LogP contribution >= 0.6 is 0 Å². The Bertz CT molecular complexity index is 1250. The topological polar surface area (TPSA) is 120 Å². The molecular weight excluding hydrogens is 446 g/mol. The molecule has 0 bridgehead atoms. The Labute approximate surface area is 191 Å². The summed E-state index contributed by atoms with van der Waals surface area (Å²) in [6, 6.07) is 12.5. The van der Waals surface area contributed by atoms with Crippen LogP contribution < -0.4 is 14.8 Å². The first-order chi connectivity index (χ1) is 15.7. The van der Waals surface area contributed by atoms with Gasteiger partial charge in [0.25, 0.3) is 5.91 Å². The number of nitrogens with one attached hydrogen (secondary N) is 1. The fourth-order valence-corrected chi connectivity index (χ4v) is 4.83. The van der Waals surface area contributed by atoms with Crippen molar-refractivity contribution in [1.29, 1.82) is 0 Å². The van der Waals surface area contributed by atoms with E-state index in [9.17, 15) is 18.3 Å². The predicted molar refractivity (Wildman–Crippen MR) is 122 cm³/mol. The van der Waals surface area contributed by atoms with Gasteiger partial charge in [-0.05, 0) is 56.2 Å². The van der Waals surface area contributed by atoms with Crippen LogP contribution in [0.4, 0.5) is 5.82 Å². The molecule has 9 nitrogen and oxygen atoms in total. The maximum atomic E-state index is 12.8. The van der Waals surface area contributed by atoms with Crippen LogP contribution in [0.1, 0.15) is 30.1 Å². The van der Waals surface area contributed by atoms with Crippen LogP contribution in [0.25, 0.3) is 0 Å². The van der Waals surface area contributed by atoms with Gasteiger partial charge >= 0.3 is 0 Å². The van der Waals surface area contributed by atoms with E-state index in [0.717, 1.165) is 0 Å². The van der Waals surface area contributed by atoms with E-state index < -0.39 is 21.8 Å². The Kier molecular flexibility index (Phi) is 6.39. The molecule has 4 rings (SSSR count). The van der Waals surface area contributed by atoms with Crippen LogP contribution in [-0.4, -0.2) is 47.2 Å². The Morgan fingerprint density at radius 2 is 1.85 bits per heavy atom. The highest BCUT2D eigenvalue weighted by atomic mass is 32.2. The van der Waals surface area contributed by atoms with E-state index in [1.54, 1.807) is 61.2 Å². The van der Waals surface area contributed by atoms with Gasteiger partial charge < -0.3 is 19.9 Å². The molecule has 0 unspecified atom stereocenters. The van der Waals surface area contributed by atoms with Gasteiger partial charge in [0.05, 0.1) is 16.8 Å². The first-order valence-corrected chi connectivity index (χ1v) is 12.0. The van der Waals surface area contributed by atoms with Gasteiger partial charge in [-0.15, -0.1) is 0 Å². The van der Waals surface area contributed by atoms with Crippen LogP contribution in [0.15, 0.2) is 59.6 Å². The number of sulfone groups is 1. The third-order valence-corrected chi connectivity index (χ3v) is 7.32. The number of benzene rings is 2. The largest absolute Gasteiger partial charge is 0.488 e. The zero-order chi connectivity index (χ0) is 23.6. The summed E-state index contributed by atoms with van der Waals surface area (Å²) in [4.78, 5) is 13.0. The maximum absolute atomic E-state index is 12.8. The molecule has 1 aliphatic carbocycles. The zero-order valence-electron chi connectivity index (χ0n) is 18.3. The van der Waals surface area contributed by atoms with Crippen molar-refractivity contribution in [3.63, 3.8) is 0 Å². The molecule has 0 saturated heterocycles. The van der Waals surface area contributed by atoms with E-state index in [1.165, 1.54) is 12.1 Å². The smallest absolute Gasteiger partial charge is 0.257 e. The molecule has 1 aliphatic rings. The zero-order valence-corrected chi connectivity index (χ0v) is 19.1. The molecule has 1 fully saturated rings. The molecule has 3 aromatic rings. The SMILES string of the molecule is C[C@@H](CO)Oc1cc(Oc2ccc(S(=O)(=O)C3CC3)cc2)cc(C(=O)Nc2ccn(C)n2)c1. The van der Waals surface area contributed by atoms with Crippen molar-refractivity contribution < 1.29 is 27.8 Å². The second-order valence-corrected chi connectivity index (χ2v) is 10.2. The molecule has 1 amide bonds. The minimum Gasteiger partial charge on any atom is -0.488 e. The van der Waals surface area contributed by atoms with Gasteiger partial charge in [0.2, 0.25) is 0 Å². The van der Waals surface area contributed by atoms with E-state index in [0.29, 0.717) is 35.9 Å². The normalized spacial score (nSPS) is 14.5. The van der Waals surface area contributed by atoms with Gasteiger partial charge in [-0.1, -0.05) is 0 Å². The second-order valence-electron chi connectivity index (χ2n) is 7.95. The van der Waals surface area contributed by atoms with Crippen molar-refractivity contribution in [2.45, 2.75) is 36.0 Å². The lowest BCUT2D eigenvalue weighted by molar-refractivity contribution is 0.102. The molecule has 33 heavy (non-hydrogen) atoms. The molecule has 0 aliphatic heterocycles. The summed E-state index contributed by atoms with van der Waals surface area (Å²) < 4.78 is 37.9. The molecule has 0 radical (unpaired) electrons. The van der Waals surface area contributed by atoms with E-state index in [2.05, 4.69) is 10.4 Å². The number of aryl methyl sites for hydroxylation is 1. The van der Waals surface area contributed by atoms with Crippen molar-refractivity contribution in [2.75, 3.05) is 11.9 Å². The van der Waals surface area contributed by atoms with E-state index in [-0.39, 0.29) is 22.3 Å². The summed E-state index contributed by atoms with van der Waals surface area (Å²) in [6.45, 7) is 1.50. The third-order valence-electron chi connectivity index (χ3n) is 5.04. The highest BCUT2D eigenvalue weighted by Gasteiger charge is 2.36. The van der Waals surface area contributed by atoms with Crippen LogP contribution in [-0.2, 0) is 16.9 Å². The van der Waals surface area contributed by atoms with Crippen molar-refractivity contribution >= 4 is 21.6 Å². The fraction of sp³-hybridized carbons (Fsp3) is 0.304. The second kappa shape index (κ2) is 9.24. The van der Waals surface area contributed by atoms with Gasteiger partial charge in [-0.3, -0.25) is 9.48 Å². The average Bonchev–Trinajstić information content (AvgIpc) is 3.57. The van der Waals surface area contributed by atoms with Gasteiger partial charge in [-0.25, -0.2) is 8.42 Å². The maximum Gasteiger partial charge on any atom is 0.257 e. The number of aliphatic hydroxyl groups excluding tert-OH is 1. The summed E-state index contributed by atoms with van der Waals surface area (Å²) in [5.41, 5.74) is 0.270. The Morgan fingerprint density at radius 1 is 1.15 bits per heavy atom. The van der Waals surface area contributed by atoms with Crippen molar-refractivity contribution in [2.24, 2.45) is 7.05 Å². The first-order valence-electron chi connectivity index (χ1n) is 10.5. The Hall–Kier alpha value is -3.37. The lowest BCUT2D eigenvalue weighted by Crippen LogP contribution is -2.17. The number of hydrogen-bond donors (Lipinski definition) is 2. The van der Waals surface area contributed by atoms with Crippen LogP contribution in [0.3, 0.4) is 0 Å². The Morgan fingerprint density at radius 3 is 2.45 bits per heavy atom.